The zero-order valence-electron chi connectivity index (χ0n) is 58.6. The first-order valence-corrected chi connectivity index (χ1v) is 32.9. The normalized spacial score (nSPS) is 13.4. The molecule has 2 N–H and O–H groups in total. The molecule has 4 rings (SSSR count). The maximum atomic E-state index is 14.7. The van der Waals surface area contributed by atoms with Gasteiger partial charge >= 0.3 is 0 Å². The van der Waals surface area contributed by atoms with E-state index in [1.807, 2.05) is 96.2 Å². The number of hydrogen-bond donors (Lipinski definition) is 2. The van der Waals surface area contributed by atoms with E-state index in [0.29, 0.717) is 27.9 Å². The van der Waals surface area contributed by atoms with Gasteiger partial charge in [0.25, 0.3) is 0 Å². The number of benzene rings is 2. The van der Waals surface area contributed by atoms with Crippen molar-refractivity contribution in [2.24, 2.45) is 17.8 Å². The molecular formula is C72H127F2N6O3P. The average Bonchev–Trinajstić information content (AvgIpc) is 3.27. The predicted octanol–water partition coefficient (Wildman–Crippen LogP) is 18.3. The molecule has 12 heteroatoms. The van der Waals surface area contributed by atoms with Crippen LogP contribution in [0, 0.1) is 37.4 Å². The van der Waals surface area contributed by atoms with Gasteiger partial charge in [-0.15, -0.1) is 13.7 Å². The number of carbonyl (C=O) groups is 3. The van der Waals surface area contributed by atoms with Gasteiger partial charge in [-0.1, -0.05) is 139 Å². The van der Waals surface area contributed by atoms with Crippen LogP contribution in [0.4, 0.5) is 14.6 Å². The lowest BCUT2D eigenvalue weighted by Gasteiger charge is -2.33. The second kappa shape index (κ2) is 46.8. The van der Waals surface area contributed by atoms with Crippen molar-refractivity contribution in [1.82, 2.24) is 25.4 Å². The van der Waals surface area contributed by atoms with Crippen molar-refractivity contribution in [3.05, 3.63) is 105 Å². The zero-order chi connectivity index (χ0) is 65.4. The molecule has 1 aliphatic heterocycles. The molecule has 1 fully saturated rings. The van der Waals surface area contributed by atoms with Crippen molar-refractivity contribution in [3.63, 3.8) is 0 Å². The van der Waals surface area contributed by atoms with Crippen LogP contribution in [0.5, 0.6) is 0 Å². The van der Waals surface area contributed by atoms with E-state index in [4.69, 9.17) is 0 Å². The number of nitrogens with one attached hydrogen (secondary N) is 2. The zero-order valence-corrected chi connectivity index (χ0v) is 59.8. The largest absolute Gasteiger partial charge is 0.392 e. The number of piperidine rings is 1. The Morgan fingerprint density at radius 1 is 0.845 bits per heavy atom. The first-order valence-electron chi connectivity index (χ1n) is 32.4. The monoisotopic (exact) mass is 1190 g/mol. The summed E-state index contributed by atoms with van der Waals surface area (Å²) in [7, 11) is 5.91. The molecular weight excluding hydrogens is 1070 g/mol. The summed E-state index contributed by atoms with van der Waals surface area (Å²) < 4.78 is 28.6. The third-order valence-corrected chi connectivity index (χ3v) is 15.7. The second-order valence-electron chi connectivity index (χ2n) is 23.6. The molecule has 84 heavy (non-hydrogen) atoms. The van der Waals surface area contributed by atoms with Gasteiger partial charge in [-0.05, 0) is 211 Å². The Morgan fingerprint density at radius 3 is 1.83 bits per heavy atom. The summed E-state index contributed by atoms with van der Waals surface area (Å²) in [4.78, 5) is 43.6. The number of pyridine rings is 1. The van der Waals surface area contributed by atoms with Gasteiger partial charge < -0.3 is 15.5 Å². The number of carbonyl (C=O) groups excluding carboxylic acids is 3. The molecule has 1 aromatic heterocycles. The Hall–Kier alpha value is -4.31. The lowest BCUT2D eigenvalue weighted by molar-refractivity contribution is -0.125. The van der Waals surface area contributed by atoms with Crippen LogP contribution in [0.2, 0.25) is 0 Å². The van der Waals surface area contributed by atoms with E-state index >= 15 is 0 Å². The number of aromatic nitrogens is 1. The van der Waals surface area contributed by atoms with Gasteiger partial charge in [0.15, 0.2) is 5.78 Å². The van der Waals surface area contributed by atoms with Gasteiger partial charge in [-0.25, -0.2) is 9.51 Å². The Bertz CT molecular complexity index is 2310. The van der Waals surface area contributed by atoms with Crippen molar-refractivity contribution in [3.8, 4) is 0 Å². The maximum absolute atomic E-state index is 14.7. The molecule has 1 saturated heterocycles. The van der Waals surface area contributed by atoms with Gasteiger partial charge in [0.1, 0.15) is 11.6 Å². The first kappa shape index (κ1) is 83.9. The van der Waals surface area contributed by atoms with E-state index in [9.17, 15) is 23.3 Å². The highest BCUT2D eigenvalue weighted by Crippen LogP contribution is 2.32. The number of likely N-dealkylation sites (tertiary alicyclic amines) is 1. The van der Waals surface area contributed by atoms with E-state index in [1.54, 1.807) is 25.3 Å². The summed E-state index contributed by atoms with van der Waals surface area (Å²) in [5.74, 6) is 1.84. The fraction of sp³-hybridized carbons (Fsp3) is 0.667. The highest BCUT2D eigenvalue weighted by atomic mass is 31.0. The van der Waals surface area contributed by atoms with E-state index in [-0.39, 0.29) is 46.6 Å². The van der Waals surface area contributed by atoms with Crippen LogP contribution in [-0.2, 0) is 21.4 Å². The lowest BCUT2D eigenvalue weighted by atomic mass is 9.78. The lowest BCUT2D eigenvalue weighted by Crippen LogP contribution is -2.37. The number of allylic oxidation sites excluding steroid dienone is 2. The van der Waals surface area contributed by atoms with E-state index < -0.39 is 0 Å². The Morgan fingerprint density at radius 2 is 1.42 bits per heavy atom. The Kier molecular flexibility index (Phi) is 46.8. The minimum Gasteiger partial charge on any atom is -0.392 e. The molecule has 3 unspecified atom stereocenters. The number of rotatable bonds is 24. The summed E-state index contributed by atoms with van der Waals surface area (Å²) in [5, 5.41) is 7.30. The molecule has 2 aromatic carbocycles. The highest BCUT2D eigenvalue weighted by Gasteiger charge is 2.28. The van der Waals surface area contributed by atoms with Crippen LogP contribution in [0.1, 0.15) is 260 Å². The fourth-order valence-electron chi connectivity index (χ4n) is 9.77. The minimum absolute atomic E-state index is 0.128. The molecule has 0 bridgehead atoms. The molecule has 1 amide bonds. The summed E-state index contributed by atoms with van der Waals surface area (Å²) in [5.41, 5.74) is 8.88. The number of nitrogens with zero attached hydrogens (tertiary/aromatic N) is 4. The van der Waals surface area contributed by atoms with Crippen molar-refractivity contribution in [1.29, 1.82) is 0 Å². The van der Waals surface area contributed by atoms with Gasteiger partial charge in [0.2, 0.25) is 5.91 Å². The molecule has 3 atom stereocenters. The number of anilines is 1. The standard InChI is InChI=1S/C24H30F2N3OP.C15H33N.C14H20O.C8H17NO.C7H15N.2C2H6/c1-15(11-20-16(2)27-8-5-22(20)28(4)26)14-29-9-6-18(7-10-29)24-21(25)12-19(17(3)30)13-23(24)31;1-6-10-15(11-7-2)13-16(12-8-3)14(5)9-4;1-6-12-8-7-10(2)13(9-12)14(4,5)11(3)15;1-5-7(4)8(10)9-6(2)3;1-6(2)5-7(3)8-4;2*1-2/h5,8,11-13,18H,6-7,9-10,14,31H2,1-4H3;14-15H,6-13H2,1-5H3;7-9H,6H2,1-5H3;6-7H,5H2,1-4H3,(H,9,10);5-6,8H,1-4H3;2*1-2H3/b15-11+;;;;7-5+;;. The molecule has 0 aliphatic carbocycles. The topological polar surface area (TPSA) is 97.9 Å². The number of aryl methyl sites for hydroxylation is 3. The second-order valence-corrected chi connectivity index (χ2v) is 24.2. The maximum Gasteiger partial charge on any atom is 0.223 e. The Balaban J connectivity index is -0.00000105. The molecule has 1 aliphatic rings. The third-order valence-electron chi connectivity index (χ3n) is 15.3. The van der Waals surface area contributed by atoms with Crippen molar-refractivity contribution >= 4 is 43.8 Å². The number of halogens is 2. The van der Waals surface area contributed by atoms with Crippen molar-refractivity contribution in [2.45, 2.75) is 254 Å². The van der Waals surface area contributed by atoms with Crippen LogP contribution in [0.3, 0.4) is 0 Å². The van der Waals surface area contributed by atoms with Gasteiger partial charge in [0, 0.05) is 79.3 Å². The molecule has 482 valence electrons. The molecule has 9 nitrogen and oxygen atoms in total. The van der Waals surface area contributed by atoms with Crippen LogP contribution >= 0.6 is 9.24 Å². The van der Waals surface area contributed by atoms with Crippen LogP contribution in [-0.4, -0.2) is 91.2 Å². The quantitative estimate of drug-likeness (QED) is 0.0520. The SMILES string of the molecule is CC.CC.CC(=O)c1cc(F)c(C2CCN(C/C(C)=C/c3c(N(C)F)ccnc3C)CC2)c(P)c1.CCC(C)C(=O)NC(C)C.CCCC(CCC)CN(CCC)C(C)CC.CCc1ccc(C)c(C(C)(C)C(C)=O)c1.CN/C(C)=C/C(C)C. The van der Waals surface area contributed by atoms with E-state index in [1.165, 1.54) is 88.5 Å². The van der Waals surface area contributed by atoms with Gasteiger partial charge in [-0.2, -0.15) is 0 Å². The van der Waals surface area contributed by atoms with Crippen LogP contribution < -0.4 is 21.1 Å². The molecule has 0 saturated carbocycles. The van der Waals surface area contributed by atoms with Gasteiger partial charge in [-0.3, -0.25) is 24.3 Å². The van der Waals surface area contributed by atoms with Gasteiger partial charge in [0.05, 0.1) is 5.69 Å². The number of Topliss-reactive ketones (excluding diaryl/α,β-unsaturated/α-hetero) is 2. The number of ketones is 2. The minimum atomic E-state index is -0.366. The first-order chi connectivity index (χ1) is 39.5. The van der Waals surface area contributed by atoms with Crippen molar-refractivity contribution in [2.75, 3.05) is 51.9 Å². The molecule has 0 radical (unpaired) electrons. The van der Waals surface area contributed by atoms with Crippen LogP contribution in [0.25, 0.3) is 6.08 Å². The average molecular weight is 1190 g/mol. The van der Waals surface area contributed by atoms with Crippen molar-refractivity contribution < 1.29 is 23.3 Å². The predicted molar refractivity (Wildman–Crippen MR) is 369 cm³/mol. The third kappa shape index (κ3) is 33.0. The number of amides is 1. The summed E-state index contributed by atoms with van der Waals surface area (Å²) in [6.07, 6.45) is 17.5. The summed E-state index contributed by atoms with van der Waals surface area (Å²) in [6.45, 7) is 54.2. The summed E-state index contributed by atoms with van der Waals surface area (Å²) in [6, 6.07) is 12.2. The smallest absolute Gasteiger partial charge is 0.223 e. The van der Waals surface area contributed by atoms with E-state index in [2.05, 4.69) is 128 Å². The van der Waals surface area contributed by atoms with E-state index in [0.717, 1.165) is 85.0 Å². The molecule has 3 aromatic rings. The Labute approximate surface area is 518 Å². The molecule has 2 heterocycles. The highest BCUT2D eigenvalue weighted by molar-refractivity contribution is 7.27. The molecule has 0 spiro atoms. The fourth-order valence-corrected chi connectivity index (χ4v) is 10.3. The summed E-state index contributed by atoms with van der Waals surface area (Å²) >= 11 is 0. The van der Waals surface area contributed by atoms with Crippen LogP contribution in [0.15, 0.2) is 59.9 Å². The number of hydrogen-bond acceptors (Lipinski definition) is 8.